The Hall–Kier alpha value is -2.75. The summed E-state index contributed by atoms with van der Waals surface area (Å²) in [6.07, 6.45) is 1.73. The van der Waals surface area contributed by atoms with Crippen LogP contribution in [0, 0.1) is 0 Å². The maximum absolute atomic E-state index is 12.5. The number of hydrogen-bond donors (Lipinski definition) is 1. The monoisotopic (exact) mass is 432 g/mol. The Morgan fingerprint density at radius 1 is 1.00 bits per heavy atom. The van der Waals surface area contributed by atoms with Crippen LogP contribution in [0.3, 0.4) is 0 Å². The highest BCUT2D eigenvalue weighted by molar-refractivity contribution is 7.89. The predicted molar refractivity (Wildman–Crippen MR) is 107 cm³/mol. The van der Waals surface area contributed by atoms with Crippen LogP contribution in [0.25, 0.3) is 11.5 Å². The average Bonchev–Trinajstić information content (AvgIpc) is 3.41. The first kappa shape index (κ1) is 19.6. The second kappa shape index (κ2) is 7.94. The van der Waals surface area contributed by atoms with Gasteiger partial charge in [-0.2, -0.15) is 4.31 Å². The molecule has 0 unspecified atom stereocenters. The van der Waals surface area contributed by atoms with Gasteiger partial charge in [-0.25, -0.2) is 8.42 Å². The molecule has 0 radical (unpaired) electrons. The van der Waals surface area contributed by atoms with Gasteiger partial charge in [-0.1, -0.05) is 16.7 Å². The van der Waals surface area contributed by atoms with Crippen LogP contribution in [-0.4, -0.2) is 41.9 Å². The second-order valence-corrected chi connectivity index (χ2v) is 8.88. The lowest BCUT2D eigenvalue weighted by Crippen LogP contribution is -2.27. The van der Waals surface area contributed by atoms with Crippen LogP contribution >= 0.6 is 11.6 Å². The summed E-state index contributed by atoms with van der Waals surface area (Å²) >= 11 is 5.85. The normalized spacial score (nSPS) is 14.8. The van der Waals surface area contributed by atoms with Crippen LogP contribution in [0.15, 0.2) is 57.8 Å². The molecule has 1 aliphatic rings. The number of anilines is 1. The molecular weight excluding hydrogens is 416 g/mol. The van der Waals surface area contributed by atoms with Crippen molar-refractivity contribution >= 4 is 33.5 Å². The molecule has 0 spiro atoms. The zero-order valence-corrected chi connectivity index (χ0v) is 16.8. The summed E-state index contributed by atoms with van der Waals surface area (Å²) in [5.74, 6) is -0.245. The Kier molecular flexibility index (Phi) is 5.35. The van der Waals surface area contributed by atoms with Gasteiger partial charge in [0.25, 0.3) is 5.91 Å². The number of rotatable bonds is 5. The van der Waals surface area contributed by atoms with Crippen LogP contribution in [0.4, 0.5) is 6.01 Å². The molecule has 0 saturated carbocycles. The summed E-state index contributed by atoms with van der Waals surface area (Å²) in [7, 11) is -3.52. The van der Waals surface area contributed by atoms with Crippen molar-refractivity contribution in [1.82, 2.24) is 14.5 Å². The van der Waals surface area contributed by atoms with Crippen molar-refractivity contribution in [3.8, 4) is 11.5 Å². The molecule has 2 aromatic carbocycles. The van der Waals surface area contributed by atoms with Crippen LogP contribution in [0.5, 0.6) is 0 Å². The SMILES string of the molecule is O=C(Nc1nnc(-c2ccc(Cl)cc2)o1)c1ccc(S(=O)(=O)N2CCCC2)cc1. The fraction of sp³-hybridized carbons (Fsp3) is 0.211. The van der Waals surface area contributed by atoms with E-state index in [-0.39, 0.29) is 22.4 Å². The zero-order valence-electron chi connectivity index (χ0n) is 15.2. The lowest BCUT2D eigenvalue weighted by atomic mass is 10.2. The van der Waals surface area contributed by atoms with E-state index in [1.165, 1.54) is 28.6 Å². The molecule has 29 heavy (non-hydrogen) atoms. The first-order valence-electron chi connectivity index (χ1n) is 8.94. The third-order valence-electron chi connectivity index (χ3n) is 4.56. The molecule has 1 saturated heterocycles. The fourth-order valence-electron chi connectivity index (χ4n) is 3.01. The molecule has 1 fully saturated rings. The minimum absolute atomic E-state index is 0.0614. The van der Waals surface area contributed by atoms with Crippen molar-refractivity contribution in [2.75, 3.05) is 18.4 Å². The summed E-state index contributed by atoms with van der Waals surface area (Å²) in [5, 5.41) is 10.8. The van der Waals surface area contributed by atoms with Gasteiger partial charge in [0, 0.05) is 29.2 Å². The van der Waals surface area contributed by atoms with Gasteiger partial charge in [0.2, 0.25) is 15.9 Å². The molecule has 0 atom stereocenters. The molecule has 8 nitrogen and oxygen atoms in total. The minimum Gasteiger partial charge on any atom is -0.403 e. The quantitative estimate of drug-likeness (QED) is 0.662. The van der Waals surface area contributed by atoms with Gasteiger partial charge in [-0.05, 0) is 61.4 Å². The highest BCUT2D eigenvalue weighted by atomic mass is 35.5. The smallest absolute Gasteiger partial charge is 0.322 e. The maximum Gasteiger partial charge on any atom is 0.322 e. The van der Waals surface area contributed by atoms with Crippen molar-refractivity contribution in [3.63, 3.8) is 0 Å². The van der Waals surface area contributed by atoms with Gasteiger partial charge >= 0.3 is 6.01 Å². The number of sulfonamides is 1. The standard InChI is InChI=1S/C19H17ClN4O4S/c20-15-7-3-14(4-8-15)18-22-23-19(28-18)21-17(25)13-5-9-16(10-6-13)29(26,27)24-11-1-2-12-24/h3-10H,1-2,11-12H2,(H,21,23,25). The van der Waals surface area contributed by atoms with Crippen molar-refractivity contribution in [1.29, 1.82) is 0 Å². The van der Waals surface area contributed by atoms with Gasteiger partial charge in [0.15, 0.2) is 0 Å². The first-order chi connectivity index (χ1) is 13.9. The number of carbonyl (C=O) groups excluding carboxylic acids is 1. The maximum atomic E-state index is 12.5. The number of halogens is 1. The van der Waals surface area contributed by atoms with Crippen LogP contribution in [0.1, 0.15) is 23.2 Å². The third-order valence-corrected chi connectivity index (χ3v) is 6.72. The third kappa shape index (κ3) is 4.16. The summed E-state index contributed by atoms with van der Waals surface area (Å²) in [6.45, 7) is 1.05. The molecule has 0 bridgehead atoms. The summed E-state index contributed by atoms with van der Waals surface area (Å²) < 4.78 is 32.0. The Bertz CT molecular complexity index is 1120. The van der Waals surface area contributed by atoms with Gasteiger partial charge in [-0.15, -0.1) is 5.10 Å². The Morgan fingerprint density at radius 2 is 1.66 bits per heavy atom. The number of aromatic nitrogens is 2. The van der Waals surface area contributed by atoms with Crippen molar-refractivity contribution < 1.29 is 17.6 Å². The Balaban J connectivity index is 1.46. The summed E-state index contributed by atoms with van der Waals surface area (Å²) in [4.78, 5) is 12.6. The van der Waals surface area contributed by atoms with Crippen LogP contribution in [0.2, 0.25) is 5.02 Å². The van der Waals surface area contributed by atoms with E-state index >= 15 is 0 Å². The lowest BCUT2D eigenvalue weighted by Gasteiger charge is -2.15. The van der Waals surface area contributed by atoms with E-state index in [0.29, 0.717) is 23.7 Å². The molecule has 0 aliphatic carbocycles. The summed E-state index contributed by atoms with van der Waals surface area (Å²) in [6, 6.07) is 12.5. The Labute approximate surface area is 172 Å². The van der Waals surface area contributed by atoms with Crippen molar-refractivity contribution in [3.05, 3.63) is 59.1 Å². The lowest BCUT2D eigenvalue weighted by molar-refractivity contribution is 0.102. The molecular formula is C19H17ClN4O4S. The molecule has 1 amide bonds. The number of nitrogens with zero attached hydrogens (tertiary/aromatic N) is 3. The van der Waals surface area contributed by atoms with Gasteiger partial charge in [0.1, 0.15) is 0 Å². The first-order valence-corrected chi connectivity index (χ1v) is 10.8. The summed E-state index contributed by atoms with van der Waals surface area (Å²) in [5.41, 5.74) is 0.940. The van der Waals surface area contributed by atoms with E-state index in [9.17, 15) is 13.2 Å². The minimum atomic E-state index is -3.52. The molecule has 1 aliphatic heterocycles. The van der Waals surface area contributed by atoms with Gasteiger partial charge in [-0.3, -0.25) is 10.1 Å². The van der Waals surface area contributed by atoms with E-state index in [0.717, 1.165) is 12.8 Å². The largest absolute Gasteiger partial charge is 0.403 e. The average molecular weight is 433 g/mol. The number of hydrogen-bond acceptors (Lipinski definition) is 6. The molecule has 150 valence electrons. The van der Waals surface area contributed by atoms with E-state index in [2.05, 4.69) is 15.5 Å². The highest BCUT2D eigenvalue weighted by Crippen LogP contribution is 2.23. The topological polar surface area (TPSA) is 105 Å². The zero-order chi connectivity index (χ0) is 20.4. The van der Waals surface area contributed by atoms with E-state index < -0.39 is 15.9 Å². The number of amides is 1. The van der Waals surface area contributed by atoms with Crippen molar-refractivity contribution in [2.45, 2.75) is 17.7 Å². The Morgan fingerprint density at radius 3 is 2.31 bits per heavy atom. The number of benzene rings is 2. The molecule has 2 heterocycles. The molecule has 1 aromatic heterocycles. The predicted octanol–water partition coefficient (Wildman–Crippen LogP) is 3.43. The molecule has 4 rings (SSSR count). The highest BCUT2D eigenvalue weighted by Gasteiger charge is 2.27. The second-order valence-electron chi connectivity index (χ2n) is 6.51. The van der Waals surface area contributed by atoms with E-state index in [1.807, 2.05) is 0 Å². The van der Waals surface area contributed by atoms with Gasteiger partial charge < -0.3 is 4.42 Å². The molecule has 3 aromatic rings. The van der Waals surface area contributed by atoms with Crippen LogP contribution in [-0.2, 0) is 10.0 Å². The van der Waals surface area contributed by atoms with Crippen molar-refractivity contribution in [2.24, 2.45) is 0 Å². The number of nitrogens with one attached hydrogen (secondary N) is 1. The number of carbonyl (C=O) groups is 1. The van der Waals surface area contributed by atoms with Crippen LogP contribution < -0.4 is 5.32 Å². The van der Waals surface area contributed by atoms with E-state index in [4.69, 9.17) is 16.0 Å². The fourth-order valence-corrected chi connectivity index (χ4v) is 4.65. The molecule has 10 heteroatoms. The van der Waals surface area contributed by atoms with E-state index in [1.54, 1.807) is 24.3 Å². The van der Waals surface area contributed by atoms with Gasteiger partial charge in [0.05, 0.1) is 4.90 Å². The molecule has 1 N–H and O–H groups in total.